The Hall–Kier alpha value is -2.54. The van der Waals surface area contributed by atoms with Crippen LogP contribution in [0.3, 0.4) is 0 Å². The SMILES string of the molecule is Cn1cc(C(=O)N2C[C@H]3CC45CCC2C3C42CCN(C3CCC3)C5Cc3ccc(O)cc32)c(=O)[nH]1. The second-order valence-corrected chi connectivity index (χ2v) is 12.4. The Balaban J connectivity index is 1.26. The van der Waals surface area contributed by atoms with Crippen LogP contribution in [0.2, 0.25) is 0 Å². The largest absolute Gasteiger partial charge is 0.508 e. The minimum Gasteiger partial charge on any atom is -0.508 e. The monoisotopic (exact) mass is 474 g/mol. The molecule has 0 radical (unpaired) electrons. The highest BCUT2D eigenvalue weighted by atomic mass is 16.3. The lowest BCUT2D eigenvalue weighted by atomic mass is 9.43. The number of aromatic amines is 1. The zero-order valence-electron chi connectivity index (χ0n) is 20.4. The number of hydrogen-bond donors (Lipinski definition) is 2. The van der Waals surface area contributed by atoms with Crippen LogP contribution >= 0.6 is 0 Å². The van der Waals surface area contributed by atoms with Crippen molar-refractivity contribution in [1.29, 1.82) is 0 Å². The first-order chi connectivity index (χ1) is 16.9. The highest BCUT2D eigenvalue weighted by Gasteiger charge is 2.76. The third-order valence-corrected chi connectivity index (χ3v) is 11.4. The number of benzene rings is 1. The molecular weight excluding hydrogens is 440 g/mol. The van der Waals surface area contributed by atoms with Gasteiger partial charge >= 0.3 is 0 Å². The van der Waals surface area contributed by atoms with Crippen LogP contribution in [0.15, 0.2) is 29.2 Å². The molecule has 2 aliphatic heterocycles. The van der Waals surface area contributed by atoms with Gasteiger partial charge in [0.1, 0.15) is 11.3 Å². The van der Waals surface area contributed by atoms with E-state index in [9.17, 15) is 14.7 Å². The van der Waals surface area contributed by atoms with E-state index in [2.05, 4.69) is 27.0 Å². The Morgan fingerprint density at radius 2 is 2.06 bits per heavy atom. The summed E-state index contributed by atoms with van der Waals surface area (Å²) in [5.74, 6) is 1.14. The molecule has 6 aliphatic rings. The number of aromatic hydroxyl groups is 1. The van der Waals surface area contributed by atoms with Gasteiger partial charge in [-0.05, 0) is 92.0 Å². The van der Waals surface area contributed by atoms with Gasteiger partial charge in [-0.1, -0.05) is 12.5 Å². The molecule has 2 N–H and O–H groups in total. The summed E-state index contributed by atoms with van der Waals surface area (Å²) < 4.78 is 1.58. The molecule has 184 valence electrons. The number of hydrogen-bond acceptors (Lipinski definition) is 4. The molecule has 1 aromatic carbocycles. The number of H-pyrrole nitrogens is 1. The van der Waals surface area contributed by atoms with E-state index >= 15 is 0 Å². The van der Waals surface area contributed by atoms with Gasteiger partial charge in [-0.15, -0.1) is 0 Å². The fourth-order valence-electron chi connectivity index (χ4n) is 10.2. The number of amides is 1. The first-order valence-electron chi connectivity index (χ1n) is 13.6. The molecular formula is C28H34N4O3. The van der Waals surface area contributed by atoms with E-state index in [1.165, 1.54) is 36.8 Å². The number of phenolic OH excluding ortho intramolecular Hbond substituents is 1. The standard InChI is InChI=1S/C28H34N4O3/c1-30-15-20(25(34)29-30)26(35)32-14-17-13-27-8-7-22(32)24(17)28(27)9-10-31(18-3-2-4-18)23(27)11-16-5-6-19(33)12-21(16)28/h5-6,12,15,17-18,22-24,33H,2-4,7-11,13-14H2,1H3,(H,29,34)/t17-,22?,23?,24?,27?,28?/m1/s1. The van der Waals surface area contributed by atoms with Gasteiger partial charge in [0, 0.05) is 43.3 Å². The number of aromatic nitrogens is 2. The molecule has 4 bridgehead atoms. The van der Waals surface area contributed by atoms with E-state index in [0.29, 0.717) is 23.6 Å². The summed E-state index contributed by atoms with van der Waals surface area (Å²) in [6.07, 6.45) is 11.3. The van der Waals surface area contributed by atoms with E-state index in [-0.39, 0.29) is 33.9 Å². The molecule has 35 heavy (non-hydrogen) atoms. The summed E-state index contributed by atoms with van der Waals surface area (Å²) >= 11 is 0. The Morgan fingerprint density at radius 1 is 1.20 bits per heavy atom. The fourth-order valence-corrected chi connectivity index (χ4v) is 10.2. The Labute approximate surface area is 205 Å². The molecule has 4 aliphatic carbocycles. The van der Waals surface area contributed by atoms with Crippen molar-refractivity contribution in [2.45, 2.75) is 74.9 Å². The van der Waals surface area contributed by atoms with Gasteiger partial charge in [0.05, 0.1) is 0 Å². The van der Waals surface area contributed by atoms with Crippen LogP contribution in [0.4, 0.5) is 0 Å². The van der Waals surface area contributed by atoms with E-state index < -0.39 is 0 Å². The highest BCUT2D eigenvalue weighted by Crippen LogP contribution is 2.75. The second-order valence-electron chi connectivity index (χ2n) is 12.4. The first kappa shape index (κ1) is 20.6. The fraction of sp³-hybridized carbons (Fsp3) is 0.643. The zero-order chi connectivity index (χ0) is 23.7. The third-order valence-electron chi connectivity index (χ3n) is 11.4. The summed E-state index contributed by atoms with van der Waals surface area (Å²) in [4.78, 5) is 31.1. The van der Waals surface area contributed by atoms with Crippen molar-refractivity contribution < 1.29 is 9.90 Å². The molecule has 2 saturated heterocycles. The normalized spacial score (nSPS) is 39.3. The summed E-state index contributed by atoms with van der Waals surface area (Å²) in [6.45, 7) is 1.89. The van der Waals surface area contributed by atoms with Gasteiger partial charge in [0.15, 0.2) is 0 Å². The second kappa shape index (κ2) is 6.61. The number of nitrogens with zero attached hydrogens (tertiary/aromatic N) is 3. The van der Waals surface area contributed by atoms with Crippen molar-refractivity contribution in [2.75, 3.05) is 13.1 Å². The number of aryl methyl sites for hydroxylation is 1. The zero-order valence-corrected chi connectivity index (χ0v) is 20.4. The maximum absolute atomic E-state index is 13.7. The molecule has 8 rings (SSSR count). The number of carbonyl (C=O) groups is 1. The maximum Gasteiger partial charge on any atom is 0.276 e. The molecule has 5 fully saturated rings. The molecule has 7 heteroatoms. The number of rotatable bonds is 2. The van der Waals surface area contributed by atoms with Crippen molar-refractivity contribution >= 4 is 5.91 Å². The van der Waals surface area contributed by atoms with E-state index in [0.717, 1.165) is 44.8 Å². The molecule has 3 heterocycles. The van der Waals surface area contributed by atoms with Crippen molar-refractivity contribution in [2.24, 2.45) is 24.3 Å². The van der Waals surface area contributed by atoms with Crippen LogP contribution < -0.4 is 5.56 Å². The van der Waals surface area contributed by atoms with E-state index in [1.54, 1.807) is 17.9 Å². The summed E-state index contributed by atoms with van der Waals surface area (Å²) in [5.41, 5.74) is 3.04. The lowest BCUT2D eigenvalue weighted by Crippen LogP contribution is -2.71. The van der Waals surface area contributed by atoms with Crippen LogP contribution in [-0.2, 0) is 18.9 Å². The molecule has 2 aromatic rings. The molecule has 7 nitrogen and oxygen atoms in total. The van der Waals surface area contributed by atoms with Gasteiger partial charge in [0.25, 0.3) is 11.5 Å². The van der Waals surface area contributed by atoms with Gasteiger partial charge in [-0.25, -0.2) is 0 Å². The Bertz CT molecular complexity index is 1310. The molecule has 1 aromatic heterocycles. The Morgan fingerprint density at radius 3 is 2.80 bits per heavy atom. The van der Waals surface area contributed by atoms with Crippen LogP contribution in [0, 0.1) is 17.3 Å². The average Bonchev–Trinajstić information content (AvgIpc) is 3.38. The van der Waals surface area contributed by atoms with Crippen molar-refractivity contribution in [1.82, 2.24) is 19.6 Å². The van der Waals surface area contributed by atoms with E-state index in [4.69, 9.17) is 0 Å². The van der Waals surface area contributed by atoms with Gasteiger partial charge in [-0.2, -0.15) is 0 Å². The van der Waals surface area contributed by atoms with Crippen molar-refractivity contribution in [3.8, 4) is 5.75 Å². The van der Waals surface area contributed by atoms with Gasteiger partial charge in [0.2, 0.25) is 0 Å². The van der Waals surface area contributed by atoms with Crippen LogP contribution in [-0.4, -0.2) is 61.8 Å². The van der Waals surface area contributed by atoms with Crippen molar-refractivity contribution in [3.63, 3.8) is 0 Å². The summed E-state index contributed by atoms with van der Waals surface area (Å²) in [7, 11) is 1.76. The number of likely N-dealkylation sites (tertiary alicyclic amines) is 2. The molecule has 5 unspecified atom stereocenters. The van der Waals surface area contributed by atoms with Gasteiger partial charge < -0.3 is 10.0 Å². The smallest absolute Gasteiger partial charge is 0.276 e. The minimum absolute atomic E-state index is 0.0238. The number of piperidine rings is 1. The lowest BCUT2D eigenvalue weighted by molar-refractivity contribution is -0.122. The average molecular weight is 475 g/mol. The number of nitrogens with one attached hydrogen (secondary N) is 1. The topological polar surface area (TPSA) is 81.6 Å². The van der Waals surface area contributed by atoms with Crippen LogP contribution in [0.5, 0.6) is 5.75 Å². The predicted octanol–water partition coefficient (Wildman–Crippen LogP) is 2.78. The molecule has 3 saturated carbocycles. The third kappa shape index (κ3) is 2.32. The summed E-state index contributed by atoms with van der Waals surface area (Å²) in [6, 6.07) is 7.62. The van der Waals surface area contributed by atoms with Crippen molar-refractivity contribution in [3.05, 3.63) is 51.4 Å². The molecule has 1 amide bonds. The Kier molecular flexibility index (Phi) is 3.90. The van der Waals surface area contributed by atoms with Crippen LogP contribution in [0.1, 0.15) is 66.4 Å². The lowest BCUT2D eigenvalue weighted by Gasteiger charge is -2.68. The summed E-state index contributed by atoms with van der Waals surface area (Å²) in [5, 5.41) is 13.3. The maximum atomic E-state index is 13.7. The quantitative estimate of drug-likeness (QED) is 0.701. The van der Waals surface area contributed by atoms with E-state index in [1.807, 2.05) is 6.07 Å². The number of phenols is 1. The number of carbonyl (C=O) groups excluding carboxylic acids is 1. The van der Waals surface area contributed by atoms with Crippen LogP contribution in [0.25, 0.3) is 0 Å². The highest BCUT2D eigenvalue weighted by molar-refractivity contribution is 5.94. The number of fused-ring (bicyclic) bond motifs is 1. The molecule has 0 spiro atoms. The first-order valence-corrected chi connectivity index (χ1v) is 13.6. The minimum atomic E-state index is -0.292. The van der Waals surface area contributed by atoms with Gasteiger partial charge in [-0.3, -0.25) is 24.3 Å². The predicted molar refractivity (Wildman–Crippen MR) is 130 cm³/mol. The molecule has 6 atom stereocenters.